The van der Waals surface area contributed by atoms with Crippen LogP contribution in [0.3, 0.4) is 0 Å². The van der Waals surface area contributed by atoms with Crippen molar-refractivity contribution in [2.24, 2.45) is 11.8 Å². The number of nitrogens with zero attached hydrogens (tertiary/aromatic N) is 1. The Balaban J connectivity index is 2.01. The predicted octanol–water partition coefficient (Wildman–Crippen LogP) is 2.77. The molecule has 57 heavy (non-hydrogen) atoms. The SMILES string of the molecule is CCC(=O)OC1CC(=O)O[C@H](C)C/C=C/C=C\[C@H](O)[C@H](C)CC(CC=O)[C@H](O[C@@H]2O[C@H](C)[C@@H](O[C@H]3C[C@@](C)(O)[C@@H](OC(=O)CC)[C@H](C)O3)[C@H](N(C)C)[C@H]2O)[C@H]1OC. The number of carbonyl (C=O) groups is 4. The normalized spacial score (nSPS) is 41.1. The van der Waals surface area contributed by atoms with Crippen molar-refractivity contribution in [3.63, 3.8) is 0 Å². The molecule has 16 heteroatoms. The van der Waals surface area contributed by atoms with Crippen molar-refractivity contribution in [2.45, 2.75) is 179 Å². The molecule has 3 N–H and O–H groups in total. The molecular formula is C41H67NO15. The quantitative estimate of drug-likeness (QED) is 0.147. The first kappa shape index (κ1) is 48.6. The van der Waals surface area contributed by atoms with E-state index in [-0.39, 0.29) is 32.1 Å². The Kier molecular flexibility index (Phi) is 19.2. The van der Waals surface area contributed by atoms with Gasteiger partial charge in [-0.05, 0) is 60.0 Å². The van der Waals surface area contributed by atoms with Crippen LogP contribution in [0.4, 0.5) is 0 Å². The van der Waals surface area contributed by atoms with Crippen LogP contribution in [0.2, 0.25) is 0 Å². The van der Waals surface area contributed by atoms with E-state index < -0.39 is 121 Å². The van der Waals surface area contributed by atoms with Gasteiger partial charge in [0.25, 0.3) is 0 Å². The third-order valence-electron chi connectivity index (χ3n) is 10.9. The van der Waals surface area contributed by atoms with E-state index in [1.54, 1.807) is 78.8 Å². The molecule has 0 aromatic heterocycles. The number of likely N-dealkylation sites (N-methyl/N-ethyl adjacent to an activating group) is 1. The number of ether oxygens (including phenoxy) is 8. The topological polar surface area (TPSA) is 206 Å². The van der Waals surface area contributed by atoms with Crippen molar-refractivity contribution in [2.75, 3.05) is 21.2 Å². The van der Waals surface area contributed by atoms with Gasteiger partial charge in [-0.2, -0.15) is 0 Å². The number of hydrogen-bond donors (Lipinski definition) is 3. The number of cyclic esters (lactones) is 1. The van der Waals surface area contributed by atoms with Crippen molar-refractivity contribution in [1.82, 2.24) is 4.90 Å². The fourth-order valence-corrected chi connectivity index (χ4v) is 7.82. The molecule has 0 aromatic carbocycles. The van der Waals surface area contributed by atoms with E-state index in [2.05, 4.69) is 0 Å². The summed E-state index contributed by atoms with van der Waals surface area (Å²) in [5, 5.41) is 34.5. The van der Waals surface area contributed by atoms with Crippen molar-refractivity contribution in [3.8, 4) is 0 Å². The monoisotopic (exact) mass is 813 g/mol. The Bertz CT molecular complexity index is 1350. The first-order valence-electron chi connectivity index (χ1n) is 20.1. The van der Waals surface area contributed by atoms with Crippen LogP contribution in [0.15, 0.2) is 24.3 Å². The standard InChI is InChI=1S/C41H67NO15/c1-11-30(45)54-29-21-32(47)51-24(4)16-14-13-15-17-28(44)23(3)20-27(18-19-43)37(38(29)50-10)57-40-35(48)34(42(8)9)36(25(5)53-40)56-33-22-41(7,49)39(26(6)52-33)55-31(46)12-2/h13-15,17,19,23-29,33-40,44,48-49H,11-12,16,18,20-22H2,1-10H3/b14-13+,17-15-/t23-,24-,25-,26+,27?,28+,29?,33+,34-,35-,36-,37+,38+,39+,40+,41-/m1/s1. The molecule has 0 aromatic rings. The lowest BCUT2D eigenvalue weighted by Gasteiger charge is -2.50. The summed E-state index contributed by atoms with van der Waals surface area (Å²) >= 11 is 0. The minimum absolute atomic E-state index is 0.000633. The lowest BCUT2D eigenvalue weighted by molar-refractivity contribution is -0.344. The number of esters is 3. The average Bonchev–Trinajstić information content (AvgIpc) is 3.13. The Labute approximate surface area is 337 Å². The molecule has 0 bridgehead atoms. The number of aliphatic hydroxyl groups is 3. The molecule has 3 heterocycles. The highest BCUT2D eigenvalue weighted by Gasteiger charge is 2.53. The molecule has 0 aliphatic carbocycles. The van der Waals surface area contributed by atoms with Crippen molar-refractivity contribution < 1.29 is 72.4 Å². The van der Waals surface area contributed by atoms with Crippen molar-refractivity contribution >= 4 is 24.2 Å². The molecule has 2 unspecified atom stereocenters. The number of aldehydes is 1. The highest BCUT2D eigenvalue weighted by atomic mass is 16.7. The Hall–Kier alpha value is -2.80. The number of methoxy groups -OCH3 is 1. The third-order valence-corrected chi connectivity index (χ3v) is 10.9. The predicted molar refractivity (Wildman–Crippen MR) is 205 cm³/mol. The average molecular weight is 814 g/mol. The van der Waals surface area contributed by atoms with Crippen LogP contribution in [0.1, 0.15) is 93.4 Å². The molecule has 3 aliphatic heterocycles. The summed E-state index contributed by atoms with van der Waals surface area (Å²) in [5.74, 6) is -2.82. The van der Waals surface area contributed by atoms with Gasteiger partial charge in [-0.25, -0.2) is 0 Å². The van der Waals surface area contributed by atoms with Crippen molar-refractivity contribution in [1.29, 1.82) is 0 Å². The molecule has 16 atom stereocenters. The van der Waals surface area contributed by atoms with Gasteiger partial charge in [0.15, 0.2) is 18.7 Å². The minimum atomic E-state index is -1.49. The number of allylic oxidation sites excluding steroid dienone is 2. The molecule has 3 aliphatic rings. The summed E-state index contributed by atoms with van der Waals surface area (Å²) in [6.45, 7) is 11.8. The van der Waals surface area contributed by atoms with E-state index in [4.69, 9.17) is 37.9 Å². The Morgan fingerprint density at radius 2 is 1.63 bits per heavy atom. The van der Waals surface area contributed by atoms with Gasteiger partial charge in [0.2, 0.25) is 0 Å². The summed E-state index contributed by atoms with van der Waals surface area (Å²) in [5.41, 5.74) is -1.49. The summed E-state index contributed by atoms with van der Waals surface area (Å²) in [6.07, 6.45) is -4.08. The van der Waals surface area contributed by atoms with Gasteiger partial charge in [-0.3, -0.25) is 14.4 Å². The number of carbonyl (C=O) groups excluding carboxylic acids is 4. The van der Waals surface area contributed by atoms with Gasteiger partial charge in [-0.1, -0.05) is 45.1 Å². The van der Waals surface area contributed by atoms with E-state index in [1.165, 1.54) is 7.11 Å². The van der Waals surface area contributed by atoms with Gasteiger partial charge in [0, 0.05) is 39.2 Å². The summed E-state index contributed by atoms with van der Waals surface area (Å²) in [6, 6.07) is -0.779. The molecular weight excluding hydrogens is 746 g/mol. The summed E-state index contributed by atoms with van der Waals surface area (Å²) < 4.78 is 48.5. The summed E-state index contributed by atoms with van der Waals surface area (Å²) in [4.78, 5) is 52.3. The Morgan fingerprint density at radius 1 is 0.965 bits per heavy atom. The molecule has 0 radical (unpaired) electrons. The molecule has 326 valence electrons. The van der Waals surface area contributed by atoms with E-state index >= 15 is 0 Å². The van der Waals surface area contributed by atoms with Crippen LogP contribution in [-0.4, -0.2) is 151 Å². The summed E-state index contributed by atoms with van der Waals surface area (Å²) in [7, 11) is 4.86. The van der Waals surface area contributed by atoms with E-state index in [9.17, 15) is 34.5 Å². The zero-order valence-electron chi connectivity index (χ0n) is 35.2. The van der Waals surface area contributed by atoms with Gasteiger partial charge in [0.05, 0.1) is 36.9 Å². The van der Waals surface area contributed by atoms with Crippen LogP contribution >= 0.6 is 0 Å². The minimum Gasteiger partial charge on any atom is -0.462 e. The van der Waals surface area contributed by atoms with E-state index in [0.29, 0.717) is 12.7 Å². The Morgan fingerprint density at radius 3 is 2.23 bits per heavy atom. The highest BCUT2D eigenvalue weighted by Crippen LogP contribution is 2.37. The largest absolute Gasteiger partial charge is 0.462 e. The molecule has 2 fully saturated rings. The van der Waals surface area contributed by atoms with Gasteiger partial charge in [-0.15, -0.1) is 0 Å². The molecule has 3 rings (SSSR count). The van der Waals surface area contributed by atoms with Gasteiger partial charge in [0.1, 0.15) is 42.4 Å². The first-order valence-corrected chi connectivity index (χ1v) is 20.1. The van der Waals surface area contributed by atoms with Gasteiger partial charge < -0.3 is 62.9 Å². The second-order valence-electron chi connectivity index (χ2n) is 16.0. The zero-order chi connectivity index (χ0) is 42.6. The van der Waals surface area contributed by atoms with Crippen LogP contribution in [0.25, 0.3) is 0 Å². The molecule has 0 amide bonds. The second kappa shape index (κ2) is 22.5. The van der Waals surface area contributed by atoms with Crippen molar-refractivity contribution in [3.05, 3.63) is 24.3 Å². The smallest absolute Gasteiger partial charge is 0.309 e. The maximum absolute atomic E-state index is 13.3. The third kappa shape index (κ3) is 13.6. The van der Waals surface area contributed by atoms with Crippen LogP contribution < -0.4 is 0 Å². The van der Waals surface area contributed by atoms with Crippen LogP contribution in [-0.2, 0) is 57.1 Å². The molecule has 16 nitrogen and oxygen atoms in total. The second-order valence-corrected chi connectivity index (χ2v) is 16.0. The fourth-order valence-electron chi connectivity index (χ4n) is 7.82. The lowest BCUT2D eigenvalue weighted by Crippen LogP contribution is -2.66. The van der Waals surface area contributed by atoms with Gasteiger partial charge >= 0.3 is 17.9 Å². The fraction of sp³-hybridized carbons (Fsp3) is 0.805. The molecule has 0 spiro atoms. The number of hydrogen-bond acceptors (Lipinski definition) is 16. The van der Waals surface area contributed by atoms with Crippen LogP contribution in [0.5, 0.6) is 0 Å². The zero-order valence-corrected chi connectivity index (χ0v) is 35.2. The van der Waals surface area contributed by atoms with E-state index in [1.807, 2.05) is 13.0 Å². The highest BCUT2D eigenvalue weighted by molar-refractivity contribution is 5.72. The maximum atomic E-state index is 13.3. The number of aliphatic hydroxyl groups excluding tert-OH is 2. The molecule has 0 saturated carbocycles. The number of rotatable bonds is 12. The first-order chi connectivity index (χ1) is 26.9. The lowest BCUT2D eigenvalue weighted by atomic mass is 9.82. The van der Waals surface area contributed by atoms with E-state index in [0.717, 1.165) is 0 Å². The van der Waals surface area contributed by atoms with Crippen LogP contribution in [0, 0.1) is 11.8 Å². The molecule has 2 saturated heterocycles. The maximum Gasteiger partial charge on any atom is 0.309 e.